The lowest BCUT2D eigenvalue weighted by Gasteiger charge is -2.20. The SMILES string of the molecule is O=C(COc1ccc(Cl)c2cccnc12)N1CCCCCC1. The molecule has 0 spiro atoms. The Hall–Kier alpha value is -1.81. The second kappa shape index (κ2) is 6.97. The fourth-order valence-electron chi connectivity index (χ4n) is 2.78. The van der Waals surface area contributed by atoms with Gasteiger partial charge in [-0.3, -0.25) is 9.78 Å². The third-order valence-electron chi connectivity index (χ3n) is 3.99. The average Bonchev–Trinajstić information content (AvgIpc) is 2.83. The minimum atomic E-state index is 0.0425. The molecule has 22 heavy (non-hydrogen) atoms. The van der Waals surface area contributed by atoms with Crippen LogP contribution in [0.5, 0.6) is 5.75 Å². The predicted molar refractivity (Wildman–Crippen MR) is 87.3 cm³/mol. The number of benzene rings is 1. The highest BCUT2D eigenvalue weighted by Gasteiger charge is 2.16. The molecule has 1 fully saturated rings. The van der Waals surface area contributed by atoms with Crippen molar-refractivity contribution in [3.8, 4) is 5.75 Å². The molecule has 0 bridgehead atoms. The molecule has 0 unspecified atom stereocenters. The van der Waals surface area contributed by atoms with Gasteiger partial charge in [-0.2, -0.15) is 0 Å². The monoisotopic (exact) mass is 318 g/mol. The summed E-state index contributed by atoms with van der Waals surface area (Å²) in [6.07, 6.45) is 6.27. The molecule has 0 saturated carbocycles. The van der Waals surface area contributed by atoms with Gasteiger partial charge in [0, 0.05) is 24.7 Å². The molecular formula is C17H19ClN2O2. The lowest BCUT2D eigenvalue weighted by Crippen LogP contribution is -2.35. The molecule has 2 heterocycles. The second-order valence-electron chi connectivity index (χ2n) is 5.53. The fraction of sp³-hybridized carbons (Fsp3) is 0.412. The smallest absolute Gasteiger partial charge is 0.260 e. The molecule has 4 nitrogen and oxygen atoms in total. The first-order valence-corrected chi connectivity index (χ1v) is 8.07. The molecule has 2 aromatic rings. The van der Waals surface area contributed by atoms with Gasteiger partial charge in [0.2, 0.25) is 0 Å². The number of aromatic nitrogens is 1. The molecule has 0 N–H and O–H groups in total. The van der Waals surface area contributed by atoms with Crippen molar-refractivity contribution in [1.29, 1.82) is 0 Å². The molecule has 5 heteroatoms. The van der Waals surface area contributed by atoms with Gasteiger partial charge >= 0.3 is 0 Å². The first-order valence-electron chi connectivity index (χ1n) is 7.69. The van der Waals surface area contributed by atoms with Crippen LogP contribution in [0.25, 0.3) is 10.9 Å². The van der Waals surface area contributed by atoms with Crippen LogP contribution in [0.3, 0.4) is 0 Å². The number of rotatable bonds is 3. The number of carbonyl (C=O) groups excluding carboxylic acids is 1. The zero-order chi connectivity index (χ0) is 15.4. The number of carbonyl (C=O) groups is 1. The lowest BCUT2D eigenvalue weighted by molar-refractivity contribution is -0.133. The number of amides is 1. The molecule has 3 rings (SSSR count). The van der Waals surface area contributed by atoms with Crippen molar-refractivity contribution in [1.82, 2.24) is 9.88 Å². The van der Waals surface area contributed by atoms with E-state index >= 15 is 0 Å². The first-order chi connectivity index (χ1) is 10.8. The van der Waals surface area contributed by atoms with Crippen molar-refractivity contribution >= 4 is 28.4 Å². The summed E-state index contributed by atoms with van der Waals surface area (Å²) in [4.78, 5) is 18.5. The molecule has 1 aromatic heterocycles. The van der Waals surface area contributed by atoms with Crippen LogP contribution in [0.1, 0.15) is 25.7 Å². The summed E-state index contributed by atoms with van der Waals surface area (Å²) >= 11 is 6.16. The van der Waals surface area contributed by atoms with Gasteiger partial charge in [-0.25, -0.2) is 0 Å². The molecule has 0 radical (unpaired) electrons. The number of likely N-dealkylation sites (tertiary alicyclic amines) is 1. The van der Waals surface area contributed by atoms with E-state index in [1.54, 1.807) is 18.3 Å². The Morgan fingerprint density at radius 2 is 1.95 bits per heavy atom. The molecule has 0 aliphatic carbocycles. The van der Waals surface area contributed by atoms with Crippen LogP contribution >= 0.6 is 11.6 Å². The van der Waals surface area contributed by atoms with Crippen LogP contribution in [-0.2, 0) is 4.79 Å². The molecule has 1 aromatic carbocycles. The van der Waals surface area contributed by atoms with Crippen molar-refractivity contribution in [3.05, 3.63) is 35.5 Å². The Kier molecular flexibility index (Phi) is 4.78. The van der Waals surface area contributed by atoms with E-state index in [9.17, 15) is 4.79 Å². The van der Waals surface area contributed by atoms with Gasteiger partial charge in [-0.15, -0.1) is 0 Å². The van der Waals surface area contributed by atoms with Gasteiger partial charge in [0.1, 0.15) is 11.3 Å². The van der Waals surface area contributed by atoms with Crippen molar-refractivity contribution in [2.75, 3.05) is 19.7 Å². The van der Waals surface area contributed by atoms with Gasteiger partial charge in [0.05, 0.1) is 5.02 Å². The van der Waals surface area contributed by atoms with Crippen molar-refractivity contribution in [2.24, 2.45) is 0 Å². The van der Waals surface area contributed by atoms with E-state index < -0.39 is 0 Å². The van der Waals surface area contributed by atoms with E-state index in [0.717, 1.165) is 31.3 Å². The zero-order valence-corrected chi connectivity index (χ0v) is 13.2. The summed E-state index contributed by atoms with van der Waals surface area (Å²) in [5, 5.41) is 1.47. The Bertz CT molecular complexity index is 667. The second-order valence-corrected chi connectivity index (χ2v) is 5.94. The highest BCUT2D eigenvalue weighted by Crippen LogP contribution is 2.29. The minimum Gasteiger partial charge on any atom is -0.481 e. The summed E-state index contributed by atoms with van der Waals surface area (Å²) in [5.74, 6) is 0.643. The summed E-state index contributed by atoms with van der Waals surface area (Å²) < 4.78 is 5.72. The third kappa shape index (κ3) is 3.33. The Morgan fingerprint density at radius 1 is 1.18 bits per heavy atom. The zero-order valence-electron chi connectivity index (χ0n) is 12.4. The summed E-state index contributed by atoms with van der Waals surface area (Å²) in [6.45, 7) is 1.72. The number of nitrogens with zero attached hydrogens (tertiary/aromatic N) is 2. The predicted octanol–water partition coefficient (Wildman–Crippen LogP) is 3.67. The van der Waals surface area contributed by atoms with Crippen LogP contribution in [0.4, 0.5) is 0 Å². The first kappa shape index (κ1) is 15.1. The Labute approximate surface area is 135 Å². The van der Waals surface area contributed by atoms with Crippen molar-refractivity contribution < 1.29 is 9.53 Å². The van der Waals surface area contributed by atoms with Crippen LogP contribution in [0, 0.1) is 0 Å². The molecule has 1 aliphatic heterocycles. The number of hydrogen-bond donors (Lipinski definition) is 0. The van der Waals surface area contributed by atoms with Crippen LogP contribution < -0.4 is 4.74 Å². The number of ether oxygens (including phenoxy) is 1. The van der Waals surface area contributed by atoms with E-state index in [1.807, 2.05) is 17.0 Å². The quantitative estimate of drug-likeness (QED) is 0.867. The number of halogens is 1. The van der Waals surface area contributed by atoms with Gasteiger partial charge in [0.25, 0.3) is 5.91 Å². The van der Waals surface area contributed by atoms with Gasteiger partial charge in [0.15, 0.2) is 6.61 Å². The van der Waals surface area contributed by atoms with E-state index in [0.29, 0.717) is 16.3 Å². The van der Waals surface area contributed by atoms with E-state index in [2.05, 4.69) is 4.98 Å². The lowest BCUT2D eigenvalue weighted by atomic mass is 10.2. The topological polar surface area (TPSA) is 42.4 Å². The molecular weight excluding hydrogens is 300 g/mol. The Balaban J connectivity index is 1.71. The van der Waals surface area contributed by atoms with E-state index in [1.165, 1.54) is 12.8 Å². The number of hydrogen-bond acceptors (Lipinski definition) is 3. The maximum atomic E-state index is 12.3. The van der Waals surface area contributed by atoms with Crippen LogP contribution in [0.15, 0.2) is 30.5 Å². The Morgan fingerprint density at radius 3 is 2.73 bits per heavy atom. The van der Waals surface area contributed by atoms with Crippen LogP contribution in [0.2, 0.25) is 5.02 Å². The molecule has 116 valence electrons. The highest BCUT2D eigenvalue weighted by atomic mass is 35.5. The molecule has 1 amide bonds. The van der Waals surface area contributed by atoms with E-state index in [-0.39, 0.29) is 12.5 Å². The fourth-order valence-corrected chi connectivity index (χ4v) is 2.99. The highest BCUT2D eigenvalue weighted by molar-refractivity contribution is 6.35. The maximum Gasteiger partial charge on any atom is 0.260 e. The normalized spacial score (nSPS) is 15.6. The van der Waals surface area contributed by atoms with Crippen molar-refractivity contribution in [2.45, 2.75) is 25.7 Å². The largest absolute Gasteiger partial charge is 0.481 e. The summed E-state index contributed by atoms with van der Waals surface area (Å²) in [6, 6.07) is 7.28. The molecule has 0 atom stereocenters. The summed E-state index contributed by atoms with van der Waals surface area (Å²) in [5.41, 5.74) is 0.693. The molecule has 1 saturated heterocycles. The van der Waals surface area contributed by atoms with Gasteiger partial charge in [-0.05, 0) is 37.1 Å². The van der Waals surface area contributed by atoms with Gasteiger partial charge < -0.3 is 9.64 Å². The maximum absolute atomic E-state index is 12.3. The number of pyridine rings is 1. The summed E-state index contributed by atoms with van der Waals surface area (Å²) in [7, 11) is 0. The van der Waals surface area contributed by atoms with Crippen molar-refractivity contribution in [3.63, 3.8) is 0 Å². The average molecular weight is 319 g/mol. The minimum absolute atomic E-state index is 0.0425. The third-order valence-corrected chi connectivity index (χ3v) is 4.32. The standard InChI is InChI=1S/C17H19ClN2O2/c18-14-7-8-15(17-13(14)6-5-9-19-17)22-12-16(21)20-10-3-1-2-4-11-20/h5-9H,1-4,10-12H2. The van der Waals surface area contributed by atoms with Crippen LogP contribution in [-0.4, -0.2) is 35.5 Å². The number of fused-ring (bicyclic) bond motifs is 1. The molecule has 1 aliphatic rings. The van der Waals surface area contributed by atoms with E-state index in [4.69, 9.17) is 16.3 Å². The van der Waals surface area contributed by atoms with Gasteiger partial charge in [-0.1, -0.05) is 24.4 Å².